The van der Waals surface area contributed by atoms with Crippen molar-refractivity contribution < 1.29 is 23.7 Å². The van der Waals surface area contributed by atoms with Crippen LogP contribution in [0.5, 0.6) is 11.5 Å². The maximum absolute atomic E-state index is 11.7. The molecule has 0 unspecified atom stereocenters. The van der Waals surface area contributed by atoms with E-state index in [1.807, 2.05) is 31.2 Å². The minimum Gasteiger partial charge on any atom is -0.500 e. The fourth-order valence-corrected chi connectivity index (χ4v) is 2.23. The van der Waals surface area contributed by atoms with Gasteiger partial charge in [-0.2, -0.15) is 0 Å². The molecule has 2 rings (SSSR count). The predicted molar refractivity (Wildman–Crippen MR) is 94.7 cm³/mol. The van der Waals surface area contributed by atoms with Crippen molar-refractivity contribution in [1.29, 1.82) is 0 Å². The lowest BCUT2D eigenvalue weighted by Gasteiger charge is -2.14. The summed E-state index contributed by atoms with van der Waals surface area (Å²) in [5.41, 5.74) is 1.62. The Morgan fingerprint density at radius 1 is 1.08 bits per heavy atom. The Morgan fingerprint density at radius 2 is 1.80 bits per heavy atom. The van der Waals surface area contributed by atoms with Gasteiger partial charge < -0.3 is 18.9 Å². The summed E-state index contributed by atoms with van der Waals surface area (Å²) in [5.74, 6) is 0.457. The topological polar surface area (TPSA) is 54.0 Å². The van der Waals surface area contributed by atoms with Gasteiger partial charge in [0.25, 0.3) is 0 Å². The van der Waals surface area contributed by atoms with Crippen LogP contribution in [0, 0.1) is 6.92 Å². The molecule has 0 radical (unpaired) electrons. The molecule has 25 heavy (non-hydrogen) atoms. The van der Waals surface area contributed by atoms with Crippen molar-refractivity contribution >= 4 is 17.6 Å². The average molecular weight is 363 g/mol. The van der Waals surface area contributed by atoms with E-state index < -0.39 is 5.97 Å². The maximum atomic E-state index is 11.7. The molecule has 0 aliphatic heterocycles. The van der Waals surface area contributed by atoms with Crippen molar-refractivity contribution in [1.82, 2.24) is 0 Å². The van der Waals surface area contributed by atoms with Crippen LogP contribution in [-0.4, -0.2) is 20.2 Å². The molecule has 0 heterocycles. The Bertz CT molecular complexity index is 770. The van der Waals surface area contributed by atoms with E-state index in [2.05, 4.69) is 4.74 Å². The van der Waals surface area contributed by atoms with Gasteiger partial charge in [-0.05, 0) is 25.1 Å². The summed E-state index contributed by atoms with van der Waals surface area (Å²) in [7, 11) is 2.69. The lowest BCUT2D eigenvalue weighted by molar-refractivity contribution is -0.138. The number of carbonyl (C=O) groups is 1. The molecule has 132 valence electrons. The summed E-state index contributed by atoms with van der Waals surface area (Å²) >= 11 is 6.10. The SMILES string of the molecule is CO/C=C(/Oc1ccccc1COc1cccc(Cl)c1C)C(=O)OC. The van der Waals surface area contributed by atoms with Gasteiger partial charge in [0, 0.05) is 16.1 Å². The van der Waals surface area contributed by atoms with Gasteiger partial charge in [0.1, 0.15) is 24.4 Å². The molecule has 0 aromatic heterocycles. The lowest BCUT2D eigenvalue weighted by atomic mass is 10.2. The monoisotopic (exact) mass is 362 g/mol. The molecule has 2 aromatic carbocycles. The standard InChI is InChI=1S/C19H19ClO5/c1-13-15(20)8-6-10-16(13)24-11-14-7-4-5-9-17(14)25-18(12-22-2)19(21)23-3/h4-10,12H,11H2,1-3H3/b18-12+. The molecule has 5 nitrogen and oxygen atoms in total. The summed E-state index contributed by atoms with van der Waals surface area (Å²) in [6.07, 6.45) is 1.19. The molecule has 0 amide bonds. The Balaban J connectivity index is 2.19. The van der Waals surface area contributed by atoms with Gasteiger partial charge in [0.15, 0.2) is 0 Å². The van der Waals surface area contributed by atoms with Crippen molar-refractivity contribution in [2.24, 2.45) is 0 Å². The zero-order valence-corrected chi connectivity index (χ0v) is 15.0. The first kappa shape index (κ1) is 18.7. The van der Waals surface area contributed by atoms with Crippen molar-refractivity contribution in [2.75, 3.05) is 14.2 Å². The highest BCUT2D eigenvalue weighted by molar-refractivity contribution is 6.31. The highest BCUT2D eigenvalue weighted by atomic mass is 35.5. The molecule has 0 bridgehead atoms. The summed E-state index contributed by atoms with van der Waals surface area (Å²) in [6, 6.07) is 12.7. The van der Waals surface area contributed by atoms with Crippen LogP contribution in [0.4, 0.5) is 0 Å². The number of hydrogen-bond acceptors (Lipinski definition) is 5. The molecule has 0 saturated heterocycles. The van der Waals surface area contributed by atoms with Crippen LogP contribution in [-0.2, 0) is 20.9 Å². The normalized spacial score (nSPS) is 11.0. The molecular weight excluding hydrogens is 344 g/mol. The lowest BCUT2D eigenvalue weighted by Crippen LogP contribution is -2.12. The van der Waals surface area contributed by atoms with Crippen molar-refractivity contribution in [3.63, 3.8) is 0 Å². The summed E-state index contributed by atoms with van der Waals surface area (Å²) in [5, 5.41) is 0.637. The Hall–Kier alpha value is -2.66. The number of methoxy groups -OCH3 is 2. The predicted octanol–water partition coefficient (Wildman–Crippen LogP) is 4.27. The fourth-order valence-electron chi connectivity index (χ4n) is 2.06. The number of esters is 1. The maximum Gasteiger partial charge on any atom is 0.377 e. The van der Waals surface area contributed by atoms with Gasteiger partial charge in [-0.3, -0.25) is 0 Å². The number of para-hydroxylation sites is 1. The van der Waals surface area contributed by atoms with Gasteiger partial charge in [-0.15, -0.1) is 0 Å². The van der Waals surface area contributed by atoms with Crippen LogP contribution in [0.3, 0.4) is 0 Å². The second-order valence-electron chi connectivity index (χ2n) is 5.07. The minimum absolute atomic E-state index is 0.0589. The third-order valence-corrected chi connectivity index (χ3v) is 3.81. The van der Waals surface area contributed by atoms with Gasteiger partial charge in [-0.1, -0.05) is 35.9 Å². The van der Waals surface area contributed by atoms with E-state index in [4.69, 9.17) is 25.8 Å². The number of rotatable bonds is 7. The van der Waals surface area contributed by atoms with Crippen molar-refractivity contribution in [3.05, 3.63) is 70.6 Å². The number of benzene rings is 2. The number of carbonyl (C=O) groups excluding carboxylic acids is 1. The Kier molecular flexibility index (Phi) is 6.71. The molecular formula is C19H19ClO5. The largest absolute Gasteiger partial charge is 0.500 e. The van der Waals surface area contributed by atoms with E-state index in [9.17, 15) is 4.79 Å². The van der Waals surface area contributed by atoms with Gasteiger partial charge in [0.05, 0.1) is 14.2 Å². The smallest absolute Gasteiger partial charge is 0.377 e. The third kappa shape index (κ3) is 4.90. The summed E-state index contributed by atoms with van der Waals surface area (Å²) in [6.45, 7) is 2.13. The second kappa shape index (κ2) is 8.99. The number of ether oxygens (including phenoxy) is 4. The Morgan fingerprint density at radius 3 is 2.52 bits per heavy atom. The Labute approximate surface area is 151 Å². The van der Waals surface area contributed by atoms with Gasteiger partial charge in [0.2, 0.25) is 5.76 Å². The van der Waals surface area contributed by atoms with Crippen LogP contribution in [0.15, 0.2) is 54.5 Å². The van der Waals surface area contributed by atoms with Gasteiger partial charge >= 0.3 is 5.97 Å². The quantitative estimate of drug-likeness (QED) is 0.418. The van der Waals surface area contributed by atoms with E-state index >= 15 is 0 Å². The first-order valence-corrected chi connectivity index (χ1v) is 7.89. The molecule has 0 fully saturated rings. The van der Waals surface area contributed by atoms with Crippen LogP contribution in [0.2, 0.25) is 5.02 Å². The highest BCUT2D eigenvalue weighted by Crippen LogP contribution is 2.28. The van der Waals surface area contributed by atoms with Crippen LogP contribution in [0.1, 0.15) is 11.1 Å². The molecule has 2 aromatic rings. The molecule has 0 atom stereocenters. The first-order valence-electron chi connectivity index (χ1n) is 7.51. The van der Waals surface area contributed by atoms with E-state index in [0.29, 0.717) is 16.5 Å². The van der Waals surface area contributed by atoms with Crippen LogP contribution in [0.25, 0.3) is 0 Å². The molecule has 6 heteroatoms. The molecule has 0 aliphatic rings. The third-order valence-electron chi connectivity index (χ3n) is 3.41. The first-order chi connectivity index (χ1) is 12.1. The summed E-state index contributed by atoms with van der Waals surface area (Å²) in [4.78, 5) is 11.7. The minimum atomic E-state index is -0.636. The highest BCUT2D eigenvalue weighted by Gasteiger charge is 2.15. The average Bonchev–Trinajstić information content (AvgIpc) is 2.63. The fraction of sp³-hybridized carbons (Fsp3) is 0.211. The summed E-state index contributed by atoms with van der Waals surface area (Å²) < 4.78 is 21.0. The second-order valence-corrected chi connectivity index (χ2v) is 5.48. The van der Waals surface area contributed by atoms with Crippen molar-refractivity contribution in [2.45, 2.75) is 13.5 Å². The van der Waals surface area contributed by atoms with E-state index in [0.717, 1.165) is 11.1 Å². The van der Waals surface area contributed by atoms with E-state index in [1.54, 1.807) is 18.2 Å². The van der Waals surface area contributed by atoms with Crippen molar-refractivity contribution in [3.8, 4) is 11.5 Å². The van der Waals surface area contributed by atoms with Crippen LogP contribution < -0.4 is 9.47 Å². The number of hydrogen-bond donors (Lipinski definition) is 0. The van der Waals surface area contributed by atoms with E-state index in [1.165, 1.54) is 20.5 Å². The molecule has 0 saturated carbocycles. The molecule has 0 aliphatic carbocycles. The van der Waals surface area contributed by atoms with E-state index in [-0.39, 0.29) is 12.4 Å². The van der Waals surface area contributed by atoms with Crippen LogP contribution >= 0.6 is 11.6 Å². The molecule has 0 N–H and O–H groups in total. The van der Waals surface area contributed by atoms with Gasteiger partial charge in [-0.25, -0.2) is 4.79 Å². The zero-order chi connectivity index (χ0) is 18.2. The zero-order valence-electron chi connectivity index (χ0n) is 14.2. The molecule has 0 spiro atoms. The number of halogens is 1.